The molecule has 4 aromatic carbocycles. The Balaban J connectivity index is 1.30. The first kappa shape index (κ1) is 30.0. The molecule has 2 N–H and O–H groups in total. The second kappa shape index (κ2) is 12.9. The number of hydrogen-bond acceptors (Lipinski definition) is 9. The van der Waals surface area contributed by atoms with Gasteiger partial charge in [0.15, 0.2) is 4.34 Å². The number of ether oxygens (including phenoxy) is 1. The zero-order valence-electron chi connectivity index (χ0n) is 23.9. The SMILES string of the molecule is Cc1cccc(COc2ccc(/C(O)=C3\C(=O)C(=O)N(c4nnc(SCc5ccccc5F)s4)C3c3ccc(O)cc3)cc2)c1. The number of aryl methyl sites for hydroxylation is 1. The molecule has 0 bridgehead atoms. The summed E-state index contributed by atoms with van der Waals surface area (Å²) in [5.74, 6) is -1.60. The Bertz CT molecular complexity index is 1910. The number of Topliss-reactive ketones (excluding diaryl/α,β-unsaturated/α-hetero) is 1. The highest BCUT2D eigenvalue weighted by molar-refractivity contribution is 8.00. The number of nitrogens with zero attached hydrogens (tertiary/aromatic N) is 3. The van der Waals surface area contributed by atoms with E-state index in [9.17, 15) is 24.2 Å². The van der Waals surface area contributed by atoms with Crippen LogP contribution in [0.2, 0.25) is 0 Å². The van der Waals surface area contributed by atoms with Crippen LogP contribution in [0.15, 0.2) is 107 Å². The second-order valence-electron chi connectivity index (χ2n) is 10.3. The van der Waals surface area contributed by atoms with Crippen molar-refractivity contribution in [3.8, 4) is 11.5 Å². The third-order valence-corrected chi connectivity index (χ3v) is 9.28. The van der Waals surface area contributed by atoms with E-state index in [1.54, 1.807) is 54.6 Å². The molecular formula is C34H26FN3O5S2. The minimum absolute atomic E-state index is 0.000278. The van der Waals surface area contributed by atoms with E-state index in [2.05, 4.69) is 10.2 Å². The quantitative estimate of drug-likeness (QED) is 0.0573. The average molecular weight is 640 g/mol. The Morgan fingerprint density at radius 3 is 2.47 bits per heavy atom. The zero-order chi connectivity index (χ0) is 31.5. The minimum atomic E-state index is -1.04. The van der Waals surface area contributed by atoms with Crippen molar-refractivity contribution in [2.24, 2.45) is 0 Å². The van der Waals surface area contributed by atoms with Crippen molar-refractivity contribution >= 4 is 45.7 Å². The van der Waals surface area contributed by atoms with Crippen LogP contribution in [0.4, 0.5) is 9.52 Å². The summed E-state index contributed by atoms with van der Waals surface area (Å²) in [6.45, 7) is 2.37. The number of aromatic hydroxyl groups is 1. The highest BCUT2D eigenvalue weighted by Gasteiger charge is 2.48. The number of aromatic nitrogens is 2. The third-order valence-electron chi connectivity index (χ3n) is 7.18. The molecule has 45 heavy (non-hydrogen) atoms. The largest absolute Gasteiger partial charge is 0.508 e. The number of aliphatic hydroxyl groups is 1. The molecule has 5 aromatic rings. The lowest BCUT2D eigenvalue weighted by atomic mass is 9.95. The van der Waals surface area contributed by atoms with E-state index >= 15 is 0 Å². The van der Waals surface area contributed by atoms with Gasteiger partial charge in [-0.1, -0.05) is 83.3 Å². The van der Waals surface area contributed by atoms with Crippen LogP contribution in [0, 0.1) is 12.7 Å². The predicted octanol–water partition coefficient (Wildman–Crippen LogP) is 7.19. The zero-order valence-corrected chi connectivity index (χ0v) is 25.5. The number of aliphatic hydroxyl groups excluding tert-OH is 1. The van der Waals surface area contributed by atoms with Gasteiger partial charge in [0.2, 0.25) is 5.13 Å². The molecule has 0 saturated carbocycles. The maximum atomic E-state index is 14.1. The Hall–Kier alpha value is -5.00. The number of ketones is 1. The maximum Gasteiger partial charge on any atom is 0.301 e. The molecule has 1 aliphatic heterocycles. The summed E-state index contributed by atoms with van der Waals surface area (Å²) in [6, 6.07) is 26.0. The Kier molecular flexibility index (Phi) is 8.63. The van der Waals surface area contributed by atoms with Crippen molar-refractivity contribution in [1.82, 2.24) is 10.2 Å². The summed E-state index contributed by atoms with van der Waals surface area (Å²) in [6.07, 6.45) is 0. The van der Waals surface area contributed by atoms with Gasteiger partial charge in [0.05, 0.1) is 11.6 Å². The lowest BCUT2D eigenvalue weighted by molar-refractivity contribution is -0.132. The molecule has 8 nitrogen and oxygen atoms in total. The fraction of sp³-hybridized carbons (Fsp3) is 0.118. The number of carbonyl (C=O) groups is 2. The van der Waals surface area contributed by atoms with E-state index in [4.69, 9.17) is 4.74 Å². The Morgan fingerprint density at radius 1 is 0.978 bits per heavy atom. The first-order valence-corrected chi connectivity index (χ1v) is 15.7. The van der Waals surface area contributed by atoms with Crippen LogP contribution in [0.25, 0.3) is 5.76 Å². The smallest absolute Gasteiger partial charge is 0.301 e. The van der Waals surface area contributed by atoms with Crippen LogP contribution < -0.4 is 9.64 Å². The topological polar surface area (TPSA) is 113 Å². The standard InChI is InChI=1S/C34H26FN3O5S2/c1-20-5-4-6-21(17-20)18-43-26-15-11-23(12-16-26)30(40)28-29(22-9-13-25(39)14-10-22)38(32(42)31(28)41)33-36-37-34(45-33)44-19-24-7-2-3-8-27(24)35/h2-17,29,39-40H,18-19H2,1H3/b30-28+. The molecule has 6 rings (SSSR count). The van der Waals surface area contributed by atoms with Gasteiger partial charge in [-0.3, -0.25) is 14.5 Å². The van der Waals surface area contributed by atoms with Crippen LogP contribution in [0.1, 0.15) is 33.9 Å². The summed E-state index contributed by atoms with van der Waals surface area (Å²) < 4.78 is 20.5. The minimum Gasteiger partial charge on any atom is -0.508 e. The second-order valence-corrected chi connectivity index (χ2v) is 12.5. The fourth-order valence-electron chi connectivity index (χ4n) is 4.95. The van der Waals surface area contributed by atoms with Crippen LogP contribution in [-0.4, -0.2) is 32.1 Å². The highest BCUT2D eigenvalue weighted by Crippen LogP contribution is 2.44. The third kappa shape index (κ3) is 6.45. The van der Waals surface area contributed by atoms with E-state index < -0.39 is 17.7 Å². The van der Waals surface area contributed by atoms with E-state index in [1.165, 1.54) is 34.9 Å². The number of benzene rings is 4. The van der Waals surface area contributed by atoms with Gasteiger partial charge in [0, 0.05) is 11.3 Å². The lowest BCUT2D eigenvalue weighted by Crippen LogP contribution is -2.29. The van der Waals surface area contributed by atoms with Gasteiger partial charge >= 0.3 is 5.91 Å². The number of amides is 1. The number of thioether (sulfide) groups is 1. The summed E-state index contributed by atoms with van der Waals surface area (Å²) in [5, 5.41) is 29.8. The molecule has 226 valence electrons. The summed E-state index contributed by atoms with van der Waals surface area (Å²) in [4.78, 5) is 28.2. The molecule has 0 radical (unpaired) electrons. The molecule has 11 heteroatoms. The van der Waals surface area contributed by atoms with Crippen molar-refractivity contribution in [1.29, 1.82) is 0 Å². The number of carbonyl (C=O) groups excluding carboxylic acids is 2. The molecule has 1 aliphatic rings. The molecule has 1 saturated heterocycles. The number of phenols is 1. The van der Waals surface area contributed by atoms with Crippen molar-refractivity contribution in [2.45, 2.75) is 29.7 Å². The summed E-state index contributed by atoms with van der Waals surface area (Å²) >= 11 is 2.33. The van der Waals surface area contributed by atoms with Gasteiger partial charge in [0.25, 0.3) is 5.78 Å². The van der Waals surface area contributed by atoms with Crippen molar-refractivity contribution in [3.63, 3.8) is 0 Å². The molecule has 1 amide bonds. The van der Waals surface area contributed by atoms with E-state index in [-0.39, 0.29) is 28.0 Å². The normalized spacial score (nSPS) is 15.9. The van der Waals surface area contributed by atoms with Crippen molar-refractivity contribution in [3.05, 3.63) is 136 Å². The van der Waals surface area contributed by atoms with Crippen molar-refractivity contribution in [2.75, 3.05) is 4.90 Å². The van der Waals surface area contributed by atoms with Crippen LogP contribution >= 0.6 is 23.1 Å². The lowest BCUT2D eigenvalue weighted by Gasteiger charge is -2.22. The van der Waals surface area contributed by atoms with Gasteiger partial charge in [-0.2, -0.15) is 0 Å². The average Bonchev–Trinajstić information content (AvgIpc) is 3.61. The molecule has 0 spiro atoms. The molecule has 1 atom stereocenters. The molecule has 1 unspecified atom stereocenters. The number of hydrogen-bond donors (Lipinski definition) is 2. The molecule has 2 heterocycles. The molecular weight excluding hydrogens is 614 g/mol. The van der Waals surface area contributed by atoms with E-state index in [0.717, 1.165) is 22.5 Å². The fourth-order valence-corrected chi connectivity index (χ4v) is 6.80. The highest BCUT2D eigenvalue weighted by atomic mass is 32.2. The van der Waals surface area contributed by atoms with Gasteiger partial charge in [0.1, 0.15) is 29.7 Å². The van der Waals surface area contributed by atoms with Crippen LogP contribution in [0.3, 0.4) is 0 Å². The number of anilines is 1. The van der Waals surface area contributed by atoms with Gasteiger partial charge < -0.3 is 14.9 Å². The van der Waals surface area contributed by atoms with Crippen LogP contribution in [0.5, 0.6) is 11.5 Å². The Labute approximate surface area is 266 Å². The van der Waals surface area contributed by atoms with Gasteiger partial charge in [-0.05, 0) is 66.1 Å². The maximum absolute atomic E-state index is 14.1. The van der Waals surface area contributed by atoms with Gasteiger partial charge in [-0.15, -0.1) is 10.2 Å². The predicted molar refractivity (Wildman–Crippen MR) is 171 cm³/mol. The van der Waals surface area contributed by atoms with E-state index in [1.807, 2.05) is 31.2 Å². The first-order chi connectivity index (χ1) is 21.8. The van der Waals surface area contributed by atoms with E-state index in [0.29, 0.717) is 39.1 Å². The monoisotopic (exact) mass is 639 g/mol. The summed E-state index contributed by atoms with van der Waals surface area (Å²) in [7, 11) is 0. The van der Waals surface area contributed by atoms with Crippen molar-refractivity contribution < 1.29 is 28.9 Å². The molecule has 0 aliphatic carbocycles. The number of rotatable bonds is 9. The number of halogens is 1. The number of phenolic OH excluding ortho intramolecular Hbond substituents is 1. The van der Waals surface area contributed by atoms with Crippen LogP contribution in [-0.2, 0) is 21.9 Å². The first-order valence-electron chi connectivity index (χ1n) is 13.9. The summed E-state index contributed by atoms with van der Waals surface area (Å²) in [5.41, 5.74) is 3.30. The molecule has 1 aromatic heterocycles. The molecule has 1 fully saturated rings. The van der Waals surface area contributed by atoms with Gasteiger partial charge in [-0.25, -0.2) is 4.39 Å². The Morgan fingerprint density at radius 2 is 1.73 bits per heavy atom.